The Morgan fingerprint density at radius 1 is 1.16 bits per heavy atom. The lowest BCUT2D eigenvalue weighted by Gasteiger charge is -2.18. The van der Waals surface area contributed by atoms with E-state index in [0.717, 1.165) is 4.90 Å². The van der Waals surface area contributed by atoms with Gasteiger partial charge in [0.1, 0.15) is 0 Å². The van der Waals surface area contributed by atoms with Gasteiger partial charge in [0.2, 0.25) is 5.91 Å². The number of rotatable bonds is 6. The van der Waals surface area contributed by atoms with E-state index in [0.29, 0.717) is 31.6 Å². The van der Waals surface area contributed by atoms with Crippen molar-refractivity contribution in [3.05, 3.63) is 29.8 Å². The molecular weight excluding hydrogens is 260 g/mol. The number of nitrogens with one attached hydrogen (secondary N) is 1. The average Bonchev–Trinajstić information content (AvgIpc) is 2.40. The lowest BCUT2D eigenvalue weighted by Crippen LogP contribution is -2.34. The van der Waals surface area contributed by atoms with Gasteiger partial charge in [-0.2, -0.15) is 0 Å². The summed E-state index contributed by atoms with van der Waals surface area (Å²) in [6, 6.07) is 6.95. The third-order valence-electron chi connectivity index (χ3n) is 2.87. The van der Waals surface area contributed by atoms with Crippen LogP contribution < -0.4 is 5.32 Å². The van der Waals surface area contributed by atoms with Crippen molar-refractivity contribution in [1.82, 2.24) is 10.2 Å². The van der Waals surface area contributed by atoms with Crippen molar-refractivity contribution in [2.75, 3.05) is 19.6 Å². The Morgan fingerprint density at radius 3 is 2.26 bits per heavy atom. The predicted molar refractivity (Wildman–Crippen MR) is 78.6 cm³/mol. The van der Waals surface area contributed by atoms with Crippen LogP contribution in [0.5, 0.6) is 0 Å². The molecule has 0 saturated carbocycles. The lowest BCUT2D eigenvalue weighted by molar-refractivity contribution is -0.130. The fourth-order valence-electron chi connectivity index (χ4n) is 1.73. The van der Waals surface area contributed by atoms with Gasteiger partial charge in [0.25, 0.3) is 5.91 Å². The Labute approximate surface area is 119 Å². The SMILES string of the molecule is CCN(CC)C(=O)CCNC(=O)c1ccc(S)cc1. The van der Waals surface area contributed by atoms with Gasteiger partial charge in [0.05, 0.1) is 0 Å². The molecule has 0 heterocycles. The molecule has 0 bridgehead atoms. The fraction of sp³-hybridized carbons (Fsp3) is 0.429. The van der Waals surface area contributed by atoms with Crippen molar-refractivity contribution in [2.45, 2.75) is 25.2 Å². The summed E-state index contributed by atoms with van der Waals surface area (Å²) >= 11 is 4.16. The quantitative estimate of drug-likeness (QED) is 0.783. The molecule has 0 fully saturated rings. The zero-order valence-corrected chi connectivity index (χ0v) is 12.2. The molecule has 0 unspecified atom stereocenters. The largest absolute Gasteiger partial charge is 0.352 e. The van der Waals surface area contributed by atoms with Gasteiger partial charge in [-0.05, 0) is 38.1 Å². The van der Waals surface area contributed by atoms with Crippen LogP contribution in [0.3, 0.4) is 0 Å². The maximum Gasteiger partial charge on any atom is 0.251 e. The Balaban J connectivity index is 2.39. The Bertz CT molecular complexity index is 428. The molecule has 1 N–H and O–H groups in total. The molecule has 0 spiro atoms. The van der Waals surface area contributed by atoms with Gasteiger partial charge in [-0.3, -0.25) is 9.59 Å². The molecule has 4 nitrogen and oxygen atoms in total. The number of amides is 2. The molecule has 0 aliphatic carbocycles. The second-order valence-electron chi connectivity index (χ2n) is 4.12. The van der Waals surface area contributed by atoms with Crippen molar-refractivity contribution in [3.63, 3.8) is 0 Å². The number of hydrogen-bond donors (Lipinski definition) is 2. The van der Waals surface area contributed by atoms with Crippen molar-refractivity contribution < 1.29 is 9.59 Å². The van der Waals surface area contributed by atoms with Crippen LogP contribution in [-0.2, 0) is 4.79 Å². The van der Waals surface area contributed by atoms with E-state index in [-0.39, 0.29) is 11.8 Å². The zero-order chi connectivity index (χ0) is 14.3. The highest BCUT2D eigenvalue weighted by atomic mass is 32.1. The number of hydrogen-bond acceptors (Lipinski definition) is 3. The molecule has 0 aliphatic rings. The Hall–Kier alpha value is -1.49. The van der Waals surface area contributed by atoms with Crippen LogP contribution >= 0.6 is 12.6 Å². The number of carbonyl (C=O) groups is 2. The maximum atomic E-state index is 11.8. The molecule has 0 aliphatic heterocycles. The summed E-state index contributed by atoms with van der Waals surface area (Å²) in [6.07, 6.45) is 0.331. The molecule has 1 aromatic carbocycles. The summed E-state index contributed by atoms with van der Waals surface area (Å²) in [5.41, 5.74) is 0.577. The number of thiol groups is 1. The topological polar surface area (TPSA) is 49.4 Å². The monoisotopic (exact) mass is 280 g/mol. The van der Waals surface area contributed by atoms with E-state index >= 15 is 0 Å². The van der Waals surface area contributed by atoms with Gasteiger partial charge < -0.3 is 10.2 Å². The summed E-state index contributed by atoms with van der Waals surface area (Å²) in [4.78, 5) is 26.1. The van der Waals surface area contributed by atoms with Crippen LogP contribution in [0.1, 0.15) is 30.6 Å². The molecule has 104 valence electrons. The summed E-state index contributed by atoms with van der Waals surface area (Å²) in [7, 11) is 0. The molecule has 0 saturated heterocycles. The molecule has 0 radical (unpaired) electrons. The number of benzene rings is 1. The summed E-state index contributed by atoms with van der Waals surface area (Å²) in [5.74, 6) is -0.100. The number of carbonyl (C=O) groups excluding carboxylic acids is 2. The van der Waals surface area contributed by atoms with Gasteiger partial charge in [-0.1, -0.05) is 0 Å². The van der Waals surface area contributed by atoms with Gasteiger partial charge in [0, 0.05) is 36.5 Å². The minimum atomic E-state index is -0.166. The van der Waals surface area contributed by atoms with Crippen LogP contribution in [0, 0.1) is 0 Å². The molecule has 1 aromatic rings. The molecule has 0 atom stereocenters. The van der Waals surface area contributed by atoms with E-state index in [1.807, 2.05) is 13.8 Å². The molecule has 0 aromatic heterocycles. The second kappa shape index (κ2) is 7.84. The smallest absolute Gasteiger partial charge is 0.251 e. The minimum Gasteiger partial charge on any atom is -0.352 e. The highest BCUT2D eigenvalue weighted by Gasteiger charge is 2.10. The number of nitrogens with zero attached hydrogens (tertiary/aromatic N) is 1. The van der Waals surface area contributed by atoms with Crippen LogP contribution in [0.2, 0.25) is 0 Å². The Morgan fingerprint density at radius 2 is 1.74 bits per heavy atom. The van der Waals surface area contributed by atoms with E-state index in [4.69, 9.17) is 0 Å². The Kier molecular flexibility index (Phi) is 6.42. The molecule has 5 heteroatoms. The third-order valence-corrected chi connectivity index (χ3v) is 3.17. The van der Waals surface area contributed by atoms with Crippen LogP contribution in [0.15, 0.2) is 29.2 Å². The maximum absolute atomic E-state index is 11.8. The van der Waals surface area contributed by atoms with Crippen LogP contribution in [0.4, 0.5) is 0 Å². The molecular formula is C14H20N2O2S. The van der Waals surface area contributed by atoms with E-state index < -0.39 is 0 Å². The average molecular weight is 280 g/mol. The first-order valence-electron chi connectivity index (χ1n) is 6.43. The van der Waals surface area contributed by atoms with Crippen LogP contribution in [-0.4, -0.2) is 36.3 Å². The van der Waals surface area contributed by atoms with E-state index in [9.17, 15) is 9.59 Å². The summed E-state index contributed by atoms with van der Waals surface area (Å²) < 4.78 is 0. The second-order valence-corrected chi connectivity index (χ2v) is 4.64. The first kappa shape index (κ1) is 15.6. The normalized spacial score (nSPS) is 10.1. The standard InChI is InChI=1S/C14H20N2O2S/c1-3-16(4-2)13(17)9-10-15-14(18)11-5-7-12(19)8-6-11/h5-8,19H,3-4,9-10H2,1-2H3,(H,15,18). The fourth-order valence-corrected chi connectivity index (χ4v) is 1.88. The highest BCUT2D eigenvalue weighted by Crippen LogP contribution is 2.07. The van der Waals surface area contributed by atoms with Gasteiger partial charge in [-0.15, -0.1) is 12.6 Å². The lowest BCUT2D eigenvalue weighted by atomic mass is 10.2. The molecule has 19 heavy (non-hydrogen) atoms. The van der Waals surface area contributed by atoms with E-state index in [1.54, 1.807) is 29.2 Å². The van der Waals surface area contributed by atoms with Crippen LogP contribution in [0.25, 0.3) is 0 Å². The first-order chi connectivity index (χ1) is 9.08. The van der Waals surface area contributed by atoms with E-state index in [1.165, 1.54) is 0 Å². The summed E-state index contributed by atoms with van der Waals surface area (Å²) in [6.45, 7) is 5.65. The van der Waals surface area contributed by atoms with Crippen molar-refractivity contribution in [2.24, 2.45) is 0 Å². The first-order valence-corrected chi connectivity index (χ1v) is 6.88. The molecule has 1 rings (SSSR count). The van der Waals surface area contributed by atoms with Crippen molar-refractivity contribution in [1.29, 1.82) is 0 Å². The third kappa shape index (κ3) is 4.95. The van der Waals surface area contributed by atoms with E-state index in [2.05, 4.69) is 17.9 Å². The highest BCUT2D eigenvalue weighted by molar-refractivity contribution is 7.80. The zero-order valence-electron chi connectivity index (χ0n) is 11.3. The van der Waals surface area contributed by atoms with Gasteiger partial charge >= 0.3 is 0 Å². The van der Waals surface area contributed by atoms with Gasteiger partial charge in [-0.25, -0.2) is 0 Å². The van der Waals surface area contributed by atoms with Crippen molar-refractivity contribution in [3.8, 4) is 0 Å². The van der Waals surface area contributed by atoms with Crippen molar-refractivity contribution >= 4 is 24.4 Å². The summed E-state index contributed by atoms with van der Waals surface area (Å²) in [5, 5.41) is 2.74. The minimum absolute atomic E-state index is 0.0657. The molecule has 2 amide bonds. The van der Waals surface area contributed by atoms with Gasteiger partial charge in [0.15, 0.2) is 0 Å². The predicted octanol–water partition coefficient (Wildman–Crippen LogP) is 1.96.